The van der Waals surface area contributed by atoms with Crippen molar-refractivity contribution < 1.29 is 18.0 Å². The summed E-state index contributed by atoms with van der Waals surface area (Å²) in [6.07, 6.45) is -1.80. The Balaban J connectivity index is 1.68. The summed E-state index contributed by atoms with van der Waals surface area (Å²) < 4.78 is 42.4. The lowest BCUT2D eigenvalue weighted by Crippen LogP contribution is -2.47. The number of hydrogen-bond acceptors (Lipinski definition) is 3. The van der Waals surface area contributed by atoms with Crippen LogP contribution in [0.25, 0.3) is 0 Å². The quantitative estimate of drug-likeness (QED) is 0.768. The molecule has 156 valence electrons. The summed E-state index contributed by atoms with van der Waals surface area (Å²) in [6.45, 7) is 3.96. The van der Waals surface area contributed by atoms with Crippen LogP contribution in [0.1, 0.15) is 67.7 Å². The third kappa shape index (κ3) is 3.72. The van der Waals surface area contributed by atoms with E-state index in [1.165, 1.54) is 6.07 Å². The van der Waals surface area contributed by atoms with Gasteiger partial charge in [-0.05, 0) is 38.7 Å². The summed E-state index contributed by atoms with van der Waals surface area (Å²) in [5, 5.41) is 7.26. The minimum absolute atomic E-state index is 0.0495. The van der Waals surface area contributed by atoms with Crippen molar-refractivity contribution in [2.45, 2.75) is 69.9 Å². The van der Waals surface area contributed by atoms with Crippen molar-refractivity contribution in [3.8, 4) is 0 Å². The van der Waals surface area contributed by atoms with Gasteiger partial charge in [-0.1, -0.05) is 30.3 Å². The van der Waals surface area contributed by atoms with E-state index < -0.39 is 18.3 Å². The molecular formula is C21H25F3N4O. The van der Waals surface area contributed by atoms with Crippen molar-refractivity contribution in [1.29, 1.82) is 0 Å². The summed E-state index contributed by atoms with van der Waals surface area (Å²) in [5.74, 6) is -0.0707. The van der Waals surface area contributed by atoms with Crippen LogP contribution in [0.2, 0.25) is 0 Å². The van der Waals surface area contributed by atoms with Gasteiger partial charge in [-0.25, -0.2) is 4.68 Å². The lowest BCUT2D eigenvalue weighted by atomic mass is 9.97. The van der Waals surface area contributed by atoms with Crippen molar-refractivity contribution in [2.75, 3.05) is 5.32 Å². The number of rotatable bonds is 2. The first kappa shape index (κ1) is 19.8. The maximum Gasteiger partial charge on any atom is 0.410 e. The van der Waals surface area contributed by atoms with E-state index >= 15 is 0 Å². The molecule has 2 aliphatic heterocycles. The number of carbonyl (C=O) groups excluding carboxylic acids is 1. The molecule has 5 nitrogen and oxygen atoms in total. The molecule has 4 atom stereocenters. The highest BCUT2D eigenvalue weighted by Gasteiger charge is 2.47. The lowest BCUT2D eigenvalue weighted by molar-refractivity contribution is -0.173. The van der Waals surface area contributed by atoms with Gasteiger partial charge in [0, 0.05) is 24.6 Å². The van der Waals surface area contributed by atoms with Crippen molar-refractivity contribution in [1.82, 2.24) is 14.7 Å². The number of fused-ring (bicyclic) bond motifs is 1. The molecule has 1 N–H and O–H groups in total. The summed E-state index contributed by atoms with van der Waals surface area (Å²) in [5.41, 5.74) is 0.844. The van der Waals surface area contributed by atoms with Gasteiger partial charge in [0.1, 0.15) is 5.82 Å². The van der Waals surface area contributed by atoms with E-state index in [2.05, 4.69) is 10.4 Å². The van der Waals surface area contributed by atoms with E-state index in [0.717, 1.165) is 29.5 Å². The smallest absolute Gasteiger partial charge is 0.363 e. The summed E-state index contributed by atoms with van der Waals surface area (Å²) in [7, 11) is 0. The fourth-order valence-corrected chi connectivity index (χ4v) is 4.54. The Kier molecular flexibility index (Phi) is 5.04. The lowest BCUT2D eigenvalue weighted by Gasteiger charge is -2.38. The first-order chi connectivity index (χ1) is 13.8. The fraction of sp³-hybridized carbons (Fsp3) is 0.524. The van der Waals surface area contributed by atoms with Crippen LogP contribution >= 0.6 is 0 Å². The number of benzene rings is 1. The highest BCUT2D eigenvalue weighted by Crippen LogP contribution is 2.43. The highest BCUT2D eigenvalue weighted by molar-refractivity contribution is 5.93. The molecule has 1 aromatic carbocycles. The largest absolute Gasteiger partial charge is 0.410 e. The van der Waals surface area contributed by atoms with Gasteiger partial charge in [0.2, 0.25) is 0 Å². The zero-order valence-electron chi connectivity index (χ0n) is 16.5. The molecule has 0 unspecified atom stereocenters. The third-order valence-corrected chi connectivity index (χ3v) is 6.04. The first-order valence-electron chi connectivity index (χ1n) is 10.1. The number of likely N-dealkylation sites (tertiary alicyclic amines) is 1. The van der Waals surface area contributed by atoms with E-state index in [1.54, 1.807) is 29.2 Å². The average Bonchev–Trinajstić information content (AvgIpc) is 3.11. The van der Waals surface area contributed by atoms with Crippen molar-refractivity contribution in [3.63, 3.8) is 0 Å². The molecule has 1 fully saturated rings. The van der Waals surface area contributed by atoms with E-state index in [4.69, 9.17) is 0 Å². The molecule has 1 aromatic heterocycles. The van der Waals surface area contributed by atoms with E-state index in [1.807, 2.05) is 19.9 Å². The summed E-state index contributed by atoms with van der Waals surface area (Å²) >= 11 is 0. The van der Waals surface area contributed by atoms with Crippen molar-refractivity contribution in [2.24, 2.45) is 0 Å². The Morgan fingerprint density at radius 2 is 1.79 bits per heavy atom. The Morgan fingerprint density at radius 1 is 1.14 bits per heavy atom. The Morgan fingerprint density at radius 3 is 2.41 bits per heavy atom. The van der Waals surface area contributed by atoms with Gasteiger partial charge in [-0.15, -0.1) is 0 Å². The number of nitrogens with one attached hydrogen (secondary N) is 1. The zero-order chi connectivity index (χ0) is 20.8. The maximum atomic E-state index is 13.8. The molecule has 2 aromatic rings. The molecule has 29 heavy (non-hydrogen) atoms. The molecule has 8 heteroatoms. The van der Waals surface area contributed by atoms with Crippen LogP contribution in [0, 0.1) is 0 Å². The summed E-state index contributed by atoms with van der Waals surface area (Å²) in [4.78, 5) is 14.8. The molecule has 0 radical (unpaired) electrons. The number of piperidine rings is 1. The second-order valence-corrected chi connectivity index (χ2v) is 8.10. The molecule has 0 aliphatic carbocycles. The van der Waals surface area contributed by atoms with E-state index in [0.29, 0.717) is 0 Å². The SMILES string of the molecule is C[C@@H]1CCC[C@@H](C)N1C(=O)c1cc2n(n1)[C@H](C(F)(F)F)C[C@H](c1ccccc1)N2. The second-order valence-electron chi connectivity index (χ2n) is 8.10. The first-order valence-corrected chi connectivity index (χ1v) is 10.1. The standard InChI is InChI=1S/C21H25F3N4O/c1-13-7-6-8-14(2)27(13)20(29)17-12-19-25-16(15-9-4-3-5-10-15)11-18(21(22,23)24)28(19)26-17/h3-5,9-10,12-14,16,18,25H,6-8,11H2,1-2H3/t13-,14-,16-,18+/m1/s1. The molecule has 3 heterocycles. The number of amides is 1. The molecule has 2 aliphatic rings. The highest BCUT2D eigenvalue weighted by atomic mass is 19.4. The molecule has 0 spiro atoms. The van der Waals surface area contributed by atoms with Crippen LogP contribution in [0.5, 0.6) is 0 Å². The molecule has 0 saturated carbocycles. The average molecular weight is 406 g/mol. The number of nitrogens with zero attached hydrogens (tertiary/aromatic N) is 3. The van der Waals surface area contributed by atoms with Crippen LogP contribution in [0.15, 0.2) is 36.4 Å². The predicted molar refractivity (Wildman–Crippen MR) is 104 cm³/mol. The van der Waals surface area contributed by atoms with Gasteiger partial charge >= 0.3 is 6.18 Å². The molecule has 1 saturated heterocycles. The number of carbonyl (C=O) groups is 1. The Labute approximate surface area is 167 Å². The van der Waals surface area contributed by atoms with Crippen LogP contribution in [-0.2, 0) is 0 Å². The number of hydrogen-bond donors (Lipinski definition) is 1. The summed E-state index contributed by atoms with van der Waals surface area (Å²) in [6, 6.07) is 8.34. The second kappa shape index (κ2) is 7.39. The van der Waals surface area contributed by atoms with Crippen LogP contribution in [-0.4, -0.2) is 38.8 Å². The molecule has 1 amide bonds. The van der Waals surface area contributed by atoms with E-state index in [9.17, 15) is 18.0 Å². The number of halogens is 3. The van der Waals surface area contributed by atoms with Gasteiger partial charge in [0.15, 0.2) is 11.7 Å². The number of anilines is 1. The van der Waals surface area contributed by atoms with Gasteiger partial charge in [0.25, 0.3) is 5.91 Å². The van der Waals surface area contributed by atoms with Crippen molar-refractivity contribution >= 4 is 11.7 Å². The van der Waals surface area contributed by atoms with Gasteiger partial charge in [-0.2, -0.15) is 18.3 Å². The minimum Gasteiger partial charge on any atom is -0.363 e. The number of aromatic nitrogens is 2. The molecule has 0 bridgehead atoms. The van der Waals surface area contributed by atoms with Crippen LogP contribution in [0.4, 0.5) is 19.0 Å². The number of alkyl halides is 3. The predicted octanol–water partition coefficient (Wildman–Crippen LogP) is 4.95. The monoisotopic (exact) mass is 406 g/mol. The topological polar surface area (TPSA) is 50.2 Å². The Hall–Kier alpha value is -2.51. The maximum absolute atomic E-state index is 13.8. The van der Waals surface area contributed by atoms with Crippen molar-refractivity contribution in [3.05, 3.63) is 47.7 Å². The fourth-order valence-electron chi connectivity index (χ4n) is 4.54. The van der Waals surface area contributed by atoms with Crippen LogP contribution in [0.3, 0.4) is 0 Å². The Bertz CT molecular complexity index is 870. The molecular weight excluding hydrogens is 381 g/mol. The van der Waals surface area contributed by atoms with E-state index in [-0.39, 0.29) is 35.9 Å². The third-order valence-electron chi connectivity index (χ3n) is 6.04. The van der Waals surface area contributed by atoms with Gasteiger partial charge < -0.3 is 10.2 Å². The van der Waals surface area contributed by atoms with Crippen LogP contribution < -0.4 is 5.32 Å². The normalized spacial score (nSPS) is 27.3. The molecule has 4 rings (SSSR count). The minimum atomic E-state index is -4.46. The van der Waals surface area contributed by atoms with Gasteiger partial charge in [0.05, 0.1) is 6.04 Å². The van der Waals surface area contributed by atoms with Gasteiger partial charge in [-0.3, -0.25) is 4.79 Å². The zero-order valence-corrected chi connectivity index (χ0v) is 16.5.